The lowest BCUT2D eigenvalue weighted by atomic mass is 10.2. The van der Waals surface area contributed by atoms with Gasteiger partial charge in [-0.3, -0.25) is 9.59 Å². The standard InChI is InChI=1S/C14H13ClN2O3S/c1-8-9(6-13(18)19)14(20)17-12(16-8)7-21-11-5-3-2-4-10(11)15/h2-5H,6-7H2,1H3,(H,18,19)(H,16,17,20). The van der Waals surface area contributed by atoms with Crippen molar-refractivity contribution in [3.8, 4) is 0 Å². The van der Waals surface area contributed by atoms with E-state index in [0.29, 0.717) is 22.3 Å². The number of aliphatic carboxylic acids is 1. The lowest BCUT2D eigenvalue weighted by molar-refractivity contribution is -0.136. The van der Waals surface area contributed by atoms with Crippen LogP contribution >= 0.6 is 23.4 Å². The van der Waals surface area contributed by atoms with Crippen LogP contribution in [-0.4, -0.2) is 21.0 Å². The van der Waals surface area contributed by atoms with Crippen LogP contribution in [0.2, 0.25) is 5.02 Å². The van der Waals surface area contributed by atoms with Gasteiger partial charge in [-0.05, 0) is 19.1 Å². The third kappa shape index (κ3) is 4.09. The van der Waals surface area contributed by atoms with Crippen molar-refractivity contribution in [2.24, 2.45) is 0 Å². The first-order chi connectivity index (χ1) is 9.97. The van der Waals surface area contributed by atoms with E-state index in [1.807, 2.05) is 18.2 Å². The number of hydrogen-bond acceptors (Lipinski definition) is 4. The first-order valence-corrected chi connectivity index (χ1v) is 7.51. The van der Waals surface area contributed by atoms with Crippen molar-refractivity contribution in [3.63, 3.8) is 0 Å². The molecule has 2 N–H and O–H groups in total. The van der Waals surface area contributed by atoms with Crippen molar-refractivity contribution in [2.45, 2.75) is 24.0 Å². The molecule has 0 aliphatic heterocycles. The Kier molecular flexibility index (Phi) is 5.03. The molecule has 2 rings (SSSR count). The smallest absolute Gasteiger partial charge is 0.308 e. The number of halogens is 1. The summed E-state index contributed by atoms with van der Waals surface area (Å²) >= 11 is 7.51. The highest BCUT2D eigenvalue weighted by Crippen LogP contribution is 2.28. The monoisotopic (exact) mass is 324 g/mol. The number of carbonyl (C=O) groups is 1. The summed E-state index contributed by atoms with van der Waals surface area (Å²) in [4.78, 5) is 30.4. The van der Waals surface area contributed by atoms with Gasteiger partial charge in [0.2, 0.25) is 0 Å². The minimum atomic E-state index is -1.05. The van der Waals surface area contributed by atoms with Gasteiger partial charge in [0, 0.05) is 16.2 Å². The van der Waals surface area contributed by atoms with Crippen molar-refractivity contribution in [2.75, 3.05) is 0 Å². The van der Waals surface area contributed by atoms with Gasteiger partial charge in [0.1, 0.15) is 5.82 Å². The molecule has 0 spiro atoms. The number of aryl methyl sites for hydroxylation is 1. The Bertz CT molecular complexity index is 730. The number of nitrogens with one attached hydrogen (secondary N) is 1. The highest BCUT2D eigenvalue weighted by Gasteiger charge is 2.12. The lowest BCUT2D eigenvalue weighted by Crippen LogP contribution is -2.21. The maximum absolute atomic E-state index is 11.9. The molecule has 0 fully saturated rings. The van der Waals surface area contributed by atoms with Gasteiger partial charge < -0.3 is 10.1 Å². The summed E-state index contributed by atoms with van der Waals surface area (Å²) < 4.78 is 0. The summed E-state index contributed by atoms with van der Waals surface area (Å²) in [6.45, 7) is 1.64. The average Bonchev–Trinajstić information content (AvgIpc) is 2.42. The molecular formula is C14H13ClN2O3S. The summed E-state index contributed by atoms with van der Waals surface area (Å²) in [6, 6.07) is 7.40. The molecule has 2 aromatic rings. The zero-order valence-electron chi connectivity index (χ0n) is 11.2. The van der Waals surface area contributed by atoms with Gasteiger partial charge >= 0.3 is 5.97 Å². The van der Waals surface area contributed by atoms with Gasteiger partial charge in [0.05, 0.1) is 17.2 Å². The molecule has 5 nitrogen and oxygen atoms in total. The van der Waals surface area contributed by atoms with E-state index < -0.39 is 11.5 Å². The minimum absolute atomic E-state index is 0.189. The van der Waals surface area contributed by atoms with Gasteiger partial charge in [0.25, 0.3) is 5.56 Å². The largest absolute Gasteiger partial charge is 0.481 e. The quantitative estimate of drug-likeness (QED) is 0.826. The van der Waals surface area contributed by atoms with Crippen molar-refractivity contribution >= 4 is 29.3 Å². The molecule has 7 heteroatoms. The van der Waals surface area contributed by atoms with Crippen molar-refractivity contribution in [1.29, 1.82) is 0 Å². The third-order valence-corrected chi connectivity index (χ3v) is 4.33. The molecular weight excluding hydrogens is 312 g/mol. The number of benzene rings is 1. The average molecular weight is 325 g/mol. The zero-order chi connectivity index (χ0) is 15.4. The summed E-state index contributed by atoms with van der Waals surface area (Å²) in [6.07, 6.45) is -0.327. The fraction of sp³-hybridized carbons (Fsp3) is 0.214. The number of carboxylic acid groups (broad SMARTS) is 1. The van der Waals surface area contributed by atoms with E-state index in [1.54, 1.807) is 13.0 Å². The predicted octanol–water partition coefficient (Wildman–Crippen LogP) is 2.65. The molecule has 0 unspecified atom stereocenters. The molecule has 0 saturated heterocycles. The zero-order valence-corrected chi connectivity index (χ0v) is 12.8. The Labute approximate surface area is 130 Å². The van der Waals surface area contributed by atoms with Crippen LogP contribution in [-0.2, 0) is 17.0 Å². The van der Waals surface area contributed by atoms with E-state index >= 15 is 0 Å². The summed E-state index contributed by atoms with van der Waals surface area (Å²) in [5, 5.41) is 9.41. The van der Waals surface area contributed by atoms with E-state index in [2.05, 4.69) is 9.97 Å². The van der Waals surface area contributed by atoms with Gasteiger partial charge in [-0.15, -0.1) is 11.8 Å². The topological polar surface area (TPSA) is 83.0 Å². The number of rotatable bonds is 5. The van der Waals surface area contributed by atoms with E-state index in [-0.39, 0.29) is 12.0 Å². The number of carboxylic acids is 1. The van der Waals surface area contributed by atoms with Crippen molar-refractivity contribution < 1.29 is 9.90 Å². The minimum Gasteiger partial charge on any atom is -0.481 e. The molecule has 1 aromatic heterocycles. The van der Waals surface area contributed by atoms with Gasteiger partial charge in [-0.2, -0.15) is 0 Å². The summed E-state index contributed by atoms with van der Waals surface area (Å²) in [5.41, 5.74) is 0.226. The number of thioether (sulfide) groups is 1. The molecule has 0 saturated carbocycles. The number of nitrogens with zero attached hydrogens (tertiary/aromatic N) is 1. The second-order valence-electron chi connectivity index (χ2n) is 4.37. The Morgan fingerprint density at radius 3 is 2.76 bits per heavy atom. The normalized spacial score (nSPS) is 10.6. The van der Waals surface area contributed by atoms with Crippen LogP contribution < -0.4 is 5.56 Å². The Morgan fingerprint density at radius 1 is 1.43 bits per heavy atom. The fourth-order valence-corrected chi connectivity index (χ4v) is 2.91. The van der Waals surface area contributed by atoms with Crippen LogP contribution in [0.3, 0.4) is 0 Å². The third-order valence-electron chi connectivity index (χ3n) is 2.80. The van der Waals surface area contributed by atoms with E-state index in [0.717, 1.165) is 4.90 Å². The van der Waals surface area contributed by atoms with Crippen molar-refractivity contribution in [1.82, 2.24) is 9.97 Å². The lowest BCUT2D eigenvalue weighted by Gasteiger charge is -2.06. The Hall–Kier alpha value is -1.79. The van der Waals surface area contributed by atoms with Crippen LogP contribution in [0.4, 0.5) is 0 Å². The summed E-state index contributed by atoms with van der Waals surface area (Å²) in [5.74, 6) is -0.104. The van der Waals surface area contributed by atoms with E-state index in [1.165, 1.54) is 11.8 Å². The molecule has 0 aliphatic carbocycles. The molecule has 21 heavy (non-hydrogen) atoms. The second-order valence-corrected chi connectivity index (χ2v) is 5.79. The molecule has 0 radical (unpaired) electrons. The Balaban J connectivity index is 2.17. The molecule has 1 aromatic carbocycles. The van der Waals surface area contributed by atoms with Crippen LogP contribution in [0.15, 0.2) is 34.0 Å². The molecule has 0 aliphatic rings. The Morgan fingerprint density at radius 2 is 2.14 bits per heavy atom. The molecule has 0 atom stereocenters. The molecule has 0 bridgehead atoms. The maximum Gasteiger partial charge on any atom is 0.308 e. The predicted molar refractivity (Wildman–Crippen MR) is 81.9 cm³/mol. The molecule has 1 heterocycles. The summed E-state index contributed by atoms with van der Waals surface area (Å²) in [7, 11) is 0. The maximum atomic E-state index is 11.9. The highest BCUT2D eigenvalue weighted by atomic mass is 35.5. The van der Waals surface area contributed by atoms with Crippen LogP contribution in [0.1, 0.15) is 17.1 Å². The first kappa shape index (κ1) is 15.6. The van der Waals surface area contributed by atoms with Gasteiger partial charge in [-0.25, -0.2) is 4.98 Å². The SMILES string of the molecule is Cc1nc(CSc2ccccc2Cl)[nH]c(=O)c1CC(=O)O. The van der Waals surface area contributed by atoms with Crippen LogP contribution in [0, 0.1) is 6.92 Å². The number of aromatic nitrogens is 2. The highest BCUT2D eigenvalue weighted by molar-refractivity contribution is 7.98. The molecule has 110 valence electrons. The number of hydrogen-bond donors (Lipinski definition) is 2. The number of aromatic amines is 1. The van der Waals surface area contributed by atoms with Gasteiger partial charge in [0.15, 0.2) is 0 Å². The van der Waals surface area contributed by atoms with Crippen molar-refractivity contribution in [3.05, 3.63) is 56.7 Å². The van der Waals surface area contributed by atoms with E-state index in [4.69, 9.17) is 16.7 Å². The number of H-pyrrole nitrogens is 1. The second kappa shape index (κ2) is 6.78. The van der Waals surface area contributed by atoms with E-state index in [9.17, 15) is 9.59 Å². The first-order valence-electron chi connectivity index (χ1n) is 6.15. The fourth-order valence-electron chi connectivity index (χ4n) is 1.80. The van der Waals surface area contributed by atoms with Gasteiger partial charge in [-0.1, -0.05) is 23.7 Å². The van der Waals surface area contributed by atoms with Crippen LogP contribution in [0.5, 0.6) is 0 Å². The van der Waals surface area contributed by atoms with Crippen LogP contribution in [0.25, 0.3) is 0 Å². The molecule has 0 amide bonds.